The van der Waals surface area contributed by atoms with Crippen LogP contribution in [0.2, 0.25) is 0 Å². The van der Waals surface area contributed by atoms with Gasteiger partial charge in [-0.25, -0.2) is 0 Å². The van der Waals surface area contributed by atoms with Crippen LogP contribution in [0.4, 0.5) is 0 Å². The van der Waals surface area contributed by atoms with Crippen LogP contribution in [0.3, 0.4) is 0 Å². The van der Waals surface area contributed by atoms with E-state index in [1.54, 1.807) is 0 Å². The van der Waals surface area contributed by atoms with Gasteiger partial charge in [-0.15, -0.1) is 0 Å². The lowest BCUT2D eigenvalue weighted by Crippen LogP contribution is -2.75. The summed E-state index contributed by atoms with van der Waals surface area (Å²) >= 11 is 0. The highest BCUT2D eigenvalue weighted by molar-refractivity contribution is 5.18. The maximum atomic E-state index is 11.1. The minimum absolute atomic E-state index is 0.0219. The molecule has 3 aliphatic rings. The third-order valence-electron chi connectivity index (χ3n) is 8.15. The molecule has 0 aromatic carbocycles. The SMILES string of the molecule is CC[C@@]1(C)O[C@@]2(C)[C@H](C[C@H]1O)[C@@]1(C)CCCC(C)(C)[C@@H]1[C@@H](O)[C@@H]2O. The first kappa shape index (κ1) is 18.6. The van der Waals surface area contributed by atoms with E-state index in [0.29, 0.717) is 12.8 Å². The highest BCUT2D eigenvalue weighted by Gasteiger charge is 2.69. The van der Waals surface area contributed by atoms with E-state index in [-0.39, 0.29) is 22.7 Å². The van der Waals surface area contributed by atoms with Gasteiger partial charge in [0.1, 0.15) is 6.10 Å². The summed E-state index contributed by atoms with van der Waals surface area (Å²) in [5.74, 6) is 0.0659. The maximum absolute atomic E-state index is 11.1. The highest BCUT2D eigenvalue weighted by Crippen LogP contribution is 2.65. The molecule has 0 aromatic heterocycles. The number of aliphatic hydroxyl groups excluding tert-OH is 3. The molecule has 4 nitrogen and oxygen atoms in total. The van der Waals surface area contributed by atoms with E-state index in [1.165, 1.54) is 0 Å². The summed E-state index contributed by atoms with van der Waals surface area (Å²) in [4.78, 5) is 0. The van der Waals surface area contributed by atoms with Crippen LogP contribution in [0, 0.1) is 22.7 Å². The molecule has 0 amide bonds. The summed E-state index contributed by atoms with van der Waals surface area (Å²) in [6, 6.07) is 0. The molecule has 8 atom stereocenters. The van der Waals surface area contributed by atoms with Gasteiger partial charge in [0.25, 0.3) is 0 Å². The predicted molar refractivity (Wildman–Crippen MR) is 93.5 cm³/mol. The molecule has 4 heteroatoms. The molecule has 3 fully saturated rings. The van der Waals surface area contributed by atoms with Gasteiger partial charge in [0.2, 0.25) is 0 Å². The first-order valence-electron chi connectivity index (χ1n) is 9.67. The fourth-order valence-corrected chi connectivity index (χ4v) is 6.74. The van der Waals surface area contributed by atoms with Crippen molar-refractivity contribution >= 4 is 0 Å². The van der Waals surface area contributed by atoms with E-state index in [9.17, 15) is 15.3 Å². The molecule has 24 heavy (non-hydrogen) atoms. The third kappa shape index (κ3) is 2.26. The Bertz CT molecular complexity index is 506. The van der Waals surface area contributed by atoms with Crippen molar-refractivity contribution in [1.82, 2.24) is 0 Å². The zero-order valence-corrected chi connectivity index (χ0v) is 16.2. The first-order chi connectivity index (χ1) is 10.9. The largest absolute Gasteiger partial charge is 0.390 e. The molecule has 140 valence electrons. The molecule has 1 heterocycles. The number of ether oxygens (including phenoxy) is 1. The number of rotatable bonds is 1. The van der Waals surface area contributed by atoms with E-state index in [2.05, 4.69) is 20.8 Å². The van der Waals surface area contributed by atoms with Gasteiger partial charge in [-0.1, -0.05) is 34.1 Å². The van der Waals surface area contributed by atoms with Gasteiger partial charge in [0.05, 0.1) is 23.4 Å². The Morgan fingerprint density at radius 1 is 1.00 bits per heavy atom. The van der Waals surface area contributed by atoms with E-state index in [0.717, 1.165) is 19.3 Å². The van der Waals surface area contributed by atoms with Crippen LogP contribution in [0.5, 0.6) is 0 Å². The number of hydrogen-bond donors (Lipinski definition) is 3. The summed E-state index contributed by atoms with van der Waals surface area (Å²) in [5, 5.41) is 33.0. The van der Waals surface area contributed by atoms with Crippen molar-refractivity contribution in [2.75, 3.05) is 0 Å². The van der Waals surface area contributed by atoms with Gasteiger partial charge in [-0.3, -0.25) is 0 Å². The fraction of sp³-hybridized carbons (Fsp3) is 1.00. The molecule has 3 rings (SSSR count). The third-order valence-corrected chi connectivity index (χ3v) is 8.15. The van der Waals surface area contributed by atoms with E-state index >= 15 is 0 Å². The van der Waals surface area contributed by atoms with Crippen molar-refractivity contribution < 1.29 is 20.1 Å². The molecule has 1 aliphatic heterocycles. The molecular weight excluding hydrogens is 304 g/mol. The van der Waals surface area contributed by atoms with Gasteiger partial charge in [0.15, 0.2) is 0 Å². The standard InChI is InChI=1S/C20H36O4/c1-7-19(5)13(21)11-12-18(4)10-8-9-17(2,3)15(18)14(22)16(23)20(12,6)24-19/h12-16,21-23H,7-11H2,1-6H3/t12-,13-,14-,15+,16+,18-,19-,20+/m1/s1. The topological polar surface area (TPSA) is 69.9 Å². The first-order valence-corrected chi connectivity index (χ1v) is 9.67. The van der Waals surface area contributed by atoms with Crippen LogP contribution >= 0.6 is 0 Å². The van der Waals surface area contributed by atoms with Gasteiger partial charge >= 0.3 is 0 Å². The van der Waals surface area contributed by atoms with Crippen molar-refractivity contribution in [1.29, 1.82) is 0 Å². The zero-order valence-electron chi connectivity index (χ0n) is 16.2. The van der Waals surface area contributed by atoms with Crippen molar-refractivity contribution in [2.45, 2.75) is 103 Å². The van der Waals surface area contributed by atoms with Gasteiger partial charge in [-0.2, -0.15) is 0 Å². The number of fused-ring (bicyclic) bond motifs is 3. The number of hydrogen-bond acceptors (Lipinski definition) is 4. The van der Waals surface area contributed by atoms with Crippen LogP contribution in [0.1, 0.15) is 73.6 Å². The Hall–Kier alpha value is -0.160. The molecule has 0 bridgehead atoms. The summed E-state index contributed by atoms with van der Waals surface area (Å²) in [7, 11) is 0. The lowest BCUT2D eigenvalue weighted by Gasteiger charge is -2.68. The van der Waals surface area contributed by atoms with Crippen molar-refractivity contribution in [3.8, 4) is 0 Å². The predicted octanol–water partition coefficient (Wildman–Crippen LogP) is 2.88. The van der Waals surface area contributed by atoms with Crippen LogP contribution in [0.25, 0.3) is 0 Å². The Balaban J connectivity index is 2.09. The molecule has 0 radical (unpaired) electrons. The highest BCUT2D eigenvalue weighted by atomic mass is 16.6. The fourth-order valence-electron chi connectivity index (χ4n) is 6.74. The van der Waals surface area contributed by atoms with Gasteiger partial charge in [-0.05, 0) is 62.2 Å². The summed E-state index contributed by atoms with van der Waals surface area (Å²) < 4.78 is 6.43. The molecule has 3 N–H and O–H groups in total. The minimum Gasteiger partial charge on any atom is -0.390 e. The molecule has 2 aliphatic carbocycles. The normalized spacial score (nSPS) is 57.1. The van der Waals surface area contributed by atoms with E-state index in [4.69, 9.17) is 4.74 Å². The second-order valence-corrected chi connectivity index (χ2v) is 10.0. The monoisotopic (exact) mass is 340 g/mol. The van der Waals surface area contributed by atoms with E-state index < -0.39 is 29.5 Å². The summed E-state index contributed by atoms with van der Waals surface area (Å²) in [6.45, 7) is 12.6. The molecule has 1 saturated heterocycles. The summed E-state index contributed by atoms with van der Waals surface area (Å²) in [5.41, 5.74) is -1.64. The average molecular weight is 341 g/mol. The maximum Gasteiger partial charge on any atom is 0.109 e. The second-order valence-electron chi connectivity index (χ2n) is 10.0. The van der Waals surface area contributed by atoms with Crippen LogP contribution < -0.4 is 0 Å². The molecule has 0 unspecified atom stereocenters. The van der Waals surface area contributed by atoms with E-state index in [1.807, 2.05) is 20.8 Å². The van der Waals surface area contributed by atoms with Gasteiger partial charge < -0.3 is 20.1 Å². The quantitative estimate of drug-likeness (QED) is 0.686. The lowest BCUT2D eigenvalue weighted by molar-refractivity contribution is -0.346. The molecular formula is C20H36O4. The smallest absolute Gasteiger partial charge is 0.109 e. The Morgan fingerprint density at radius 2 is 1.62 bits per heavy atom. The lowest BCUT2D eigenvalue weighted by atomic mass is 9.42. The van der Waals surface area contributed by atoms with Crippen LogP contribution in [-0.2, 0) is 4.74 Å². The van der Waals surface area contributed by atoms with Gasteiger partial charge in [0, 0.05) is 0 Å². The summed E-state index contributed by atoms with van der Waals surface area (Å²) in [6.07, 6.45) is 2.28. The molecule has 0 spiro atoms. The zero-order chi connectivity index (χ0) is 18.1. The second kappa shape index (κ2) is 5.42. The van der Waals surface area contributed by atoms with Crippen molar-refractivity contribution in [2.24, 2.45) is 22.7 Å². The average Bonchev–Trinajstić information content (AvgIpc) is 2.47. The van der Waals surface area contributed by atoms with Crippen LogP contribution in [-0.4, -0.2) is 44.8 Å². The Kier molecular flexibility index (Phi) is 4.21. The molecule has 0 aromatic rings. The minimum atomic E-state index is -0.920. The Morgan fingerprint density at radius 3 is 2.21 bits per heavy atom. The van der Waals surface area contributed by atoms with Crippen LogP contribution in [0.15, 0.2) is 0 Å². The number of aliphatic hydroxyl groups is 3. The van der Waals surface area contributed by atoms with Crippen molar-refractivity contribution in [3.63, 3.8) is 0 Å². The Labute approximate surface area is 146 Å². The molecule has 2 saturated carbocycles. The van der Waals surface area contributed by atoms with Crippen molar-refractivity contribution in [3.05, 3.63) is 0 Å².